The van der Waals surface area contributed by atoms with Crippen LogP contribution in [0.1, 0.15) is 58.8 Å². The van der Waals surface area contributed by atoms with Gasteiger partial charge in [-0.25, -0.2) is 0 Å². The van der Waals surface area contributed by atoms with Crippen LogP contribution in [0.15, 0.2) is 0 Å². The summed E-state index contributed by atoms with van der Waals surface area (Å²) >= 11 is 0. The normalized spacial score (nSPS) is 42.3. The Morgan fingerprint density at radius 1 is 1.33 bits per heavy atom. The minimum atomic E-state index is -0.0243. The van der Waals surface area contributed by atoms with Gasteiger partial charge in [0.15, 0.2) is 0 Å². The second kappa shape index (κ2) is 5.89. The zero-order valence-electron chi connectivity index (χ0n) is 12.3. The first-order valence-electron chi connectivity index (χ1n) is 7.73. The van der Waals surface area contributed by atoms with Gasteiger partial charge in [0.25, 0.3) is 0 Å². The van der Waals surface area contributed by atoms with Crippen LogP contribution >= 0.6 is 0 Å². The third kappa shape index (κ3) is 2.59. The summed E-state index contributed by atoms with van der Waals surface area (Å²) in [4.78, 5) is 2.76. The molecule has 4 unspecified atom stereocenters. The lowest BCUT2D eigenvalue weighted by Gasteiger charge is -2.46. The Balaban J connectivity index is 2.08. The first-order chi connectivity index (χ1) is 8.65. The summed E-state index contributed by atoms with van der Waals surface area (Å²) in [6, 6.07) is 2.17. The van der Waals surface area contributed by atoms with E-state index in [9.17, 15) is 5.11 Å². The maximum atomic E-state index is 9.71. The summed E-state index contributed by atoms with van der Waals surface area (Å²) in [5.41, 5.74) is -0.0243. The van der Waals surface area contributed by atoms with Crippen LogP contribution in [0.4, 0.5) is 0 Å². The first-order valence-corrected chi connectivity index (χ1v) is 7.73. The molecule has 3 heteroatoms. The third-order valence-electron chi connectivity index (χ3n) is 5.39. The minimum absolute atomic E-state index is 0.0243. The monoisotopic (exact) mass is 254 g/mol. The quantitative estimate of drug-likeness (QED) is 0.807. The molecule has 1 aliphatic carbocycles. The lowest BCUT2D eigenvalue weighted by atomic mass is 9.78. The number of aliphatic hydroxyl groups excluding tert-OH is 1. The van der Waals surface area contributed by atoms with E-state index in [2.05, 4.69) is 24.1 Å². The zero-order valence-corrected chi connectivity index (χ0v) is 12.3. The molecule has 0 spiro atoms. The number of hydrogen-bond acceptors (Lipinski definition) is 3. The second-order valence-corrected chi connectivity index (χ2v) is 6.37. The van der Waals surface area contributed by atoms with Gasteiger partial charge in [-0.15, -0.1) is 0 Å². The summed E-state index contributed by atoms with van der Waals surface area (Å²) in [6.07, 6.45) is 8.76. The van der Waals surface area contributed by atoms with Crippen molar-refractivity contribution in [2.45, 2.75) is 82.5 Å². The van der Waals surface area contributed by atoms with Gasteiger partial charge in [-0.1, -0.05) is 6.92 Å². The highest BCUT2D eigenvalue weighted by atomic mass is 16.3. The summed E-state index contributed by atoms with van der Waals surface area (Å²) < 4.78 is 0. The Labute approximate surface area is 112 Å². The molecule has 0 aromatic heterocycles. The molecule has 4 atom stereocenters. The van der Waals surface area contributed by atoms with E-state index in [0.717, 1.165) is 24.9 Å². The second-order valence-electron chi connectivity index (χ2n) is 6.37. The zero-order chi connectivity index (χ0) is 13.2. The van der Waals surface area contributed by atoms with Gasteiger partial charge in [-0.2, -0.15) is 0 Å². The molecule has 1 saturated heterocycles. The van der Waals surface area contributed by atoms with Gasteiger partial charge in [-0.05, 0) is 58.9 Å². The van der Waals surface area contributed by atoms with Crippen molar-refractivity contribution >= 4 is 0 Å². The SMILES string of the molecule is CCC1CCC(C)N1C1CCCC(CO)(NC)C1. The van der Waals surface area contributed by atoms with Crippen LogP contribution < -0.4 is 5.32 Å². The molecule has 0 radical (unpaired) electrons. The predicted molar refractivity (Wildman–Crippen MR) is 75.7 cm³/mol. The number of nitrogens with one attached hydrogen (secondary N) is 1. The minimum Gasteiger partial charge on any atom is -0.394 e. The molecule has 1 aliphatic heterocycles. The molecule has 2 fully saturated rings. The molecule has 2 N–H and O–H groups in total. The van der Waals surface area contributed by atoms with E-state index in [1.165, 1.54) is 32.1 Å². The molecule has 0 bridgehead atoms. The number of rotatable bonds is 4. The number of hydrogen-bond donors (Lipinski definition) is 2. The average molecular weight is 254 g/mol. The Morgan fingerprint density at radius 2 is 2.11 bits per heavy atom. The highest BCUT2D eigenvalue weighted by Crippen LogP contribution is 2.37. The molecule has 2 rings (SSSR count). The van der Waals surface area contributed by atoms with E-state index >= 15 is 0 Å². The van der Waals surface area contributed by atoms with Crippen molar-refractivity contribution in [2.75, 3.05) is 13.7 Å². The lowest BCUT2D eigenvalue weighted by molar-refractivity contribution is 0.0407. The van der Waals surface area contributed by atoms with Crippen LogP contribution in [0, 0.1) is 0 Å². The smallest absolute Gasteiger partial charge is 0.0613 e. The van der Waals surface area contributed by atoms with Crippen LogP contribution in [0.3, 0.4) is 0 Å². The fourth-order valence-electron chi connectivity index (χ4n) is 4.20. The summed E-state index contributed by atoms with van der Waals surface area (Å²) in [6.45, 7) is 4.97. The summed E-state index contributed by atoms with van der Waals surface area (Å²) in [7, 11) is 2.00. The summed E-state index contributed by atoms with van der Waals surface area (Å²) in [5, 5.41) is 13.1. The largest absolute Gasteiger partial charge is 0.394 e. The van der Waals surface area contributed by atoms with Gasteiger partial charge in [0, 0.05) is 23.7 Å². The van der Waals surface area contributed by atoms with Crippen LogP contribution in [-0.4, -0.2) is 47.3 Å². The fraction of sp³-hybridized carbons (Fsp3) is 1.00. The van der Waals surface area contributed by atoms with Gasteiger partial charge in [0.2, 0.25) is 0 Å². The van der Waals surface area contributed by atoms with E-state index in [-0.39, 0.29) is 12.1 Å². The fourth-order valence-corrected chi connectivity index (χ4v) is 4.20. The molecular formula is C15H30N2O. The van der Waals surface area contributed by atoms with E-state index in [1.807, 2.05) is 7.05 Å². The van der Waals surface area contributed by atoms with E-state index in [4.69, 9.17) is 0 Å². The lowest BCUT2D eigenvalue weighted by Crippen LogP contribution is -2.56. The van der Waals surface area contributed by atoms with Crippen LogP contribution in [0.5, 0.6) is 0 Å². The van der Waals surface area contributed by atoms with Gasteiger partial charge in [-0.3, -0.25) is 4.90 Å². The number of likely N-dealkylation sites (N-methyl/N-ethyl adjacent to an activating group) is 1. The molecular weight excluding hydrogens is 224 g/mol. The van der Waals surface area contributed by atoms with Crippen LogP contribution in [0.2, 0.25) is 0 Å². The third-order valence-corrected chi connectivity index (χ3v) is 5.39. The van der Waals surface area contributed by atoms with Crippen LogP contribution in [-0.2, 0) is 0 Å². The highest BCUT2D eigenvalue weighted by molar-refractivity contribution is 4.99. The number of aliphatic hydroxyl groups is 1. The maximum Gasteiger partial charge on any atom is 0.0613 e. The van der Waals surface area contributed by atoms with Crippen molar-refractivity contribution in [3.63, 3.8) is 0 Å². The molecule has 2 aliphatic rings. The van der Waals surface area contributed by atoms with Crippen molar-refractivity contribution in [1.82, 2.24) is 10.2 Å². The van der Waals surface area contributed by atoms with Crippen molar-refractivity contribution in [3.8, 4) is 0 Å². The maximum absolute atomic E-state index is 9.71. The first kappa shape index (κ1) is 14.3. The van der Waals surface area contributed by atoms with E-state index < -0.39 is 0 Å². The van der Waals surface area contributed by atoms with Crippen molar-refractivity contribution < 1.29 is 5.11 Å². The van der Waals surface area contributed by atoms with E-state index in [0.29, 0.717) is 6.04 Å². The van der Waals surface area contributed by atoms with Gasteiger partial charge < -0.3 is 10.4 Å². The molecule has 18 heavy (non-hydrogen) atoms. The van der Waals surface area contributed by atoms with Crippen molar-refractivity contribution in [1.29, 1.82) is 0 Å². The molecule has 1 heterocycles. The Bertz CT molecular complexity index is 265. The standard InChI is InChI=1S/C15H30N2O/c1-4-13-8-7-12(2)17(13)14-6-5-9-15(10-14,11-18)16-3/h12-14,16,18H,4-11H2,1-3H3. The topological polar surface area (TPSA) is 35.5 Å². The molecule has 0 aromatic rings. The Hall–Kier alpha value is -0.120. The van der Waals surface area contributed by atoms with Crippen LogP contribution in [0.25, 0.3) is 0 Å². The van der Waals surface area contributed by atoms with Crippen molar-refractivity contribution in [3.05, 3.63) is 0 Å². The molecule has 0 amide bonds. The van der Waals surface area contributed by atoms with Gasteiger partial charge in [0.1, 0.15) is 0 Å². The van der Waals surface area contributed by atoms with Gasteiger partial charge >= 0.3 is 0 Å². The highest BCUT2D eigenvalue weighted by Gasteiger charge is 2.41. The Kier molecular flexibility index (Phi) is 4.68. The average Bonchev–Trinajstić information content (AvgIpc) is 2.79. The van der Waals surface area contributed by atoms with E-state index in [1.54, 1.807) is 0 Å². The summed E-state index contributed by atoms with van der Waals surface area (Å²) in [5.74, 6) is 0. The van der Waals surface area contributed by atoms with Gasteiger partial charge in [0.05, 0.1) is 6.61 Å². The molecule has 3 nitrogen and oxygen atoms in total. The number of nitrogens with zero attached hydrogens (tertiary/aromatic N) is 1. The molecule has 106 valence electrons. The molecule has 0 aromatic carbocycles. The number of likely N-dealkylation sites (tertiary alicyclic amines) is 1. The van der Waals surface area contributed by atoms with Crippen molar-refractivity contribution in [2.24, 2.45) is 0 Å². The Morgan fingerprint density at radius 3 is 2.72 bits per heavy atom. The molecule has 1 saturated carbocycles. The predicted octanol–water partition coefficient (Wildman–Crippen LogP) is 2.14.